The van der Waals surface area contributed by atoms with E-state index in [0.29, 0.717) is 0 Å². The van der Waals surface area contributed by atoms with Gasteiger partial charge in [-0.3, -0.25) is 0 Å². The lowest BCUT2D eigenvalue weighted by Crippen LogP contribution is -2.05. The Hall–Kier alpha value is -1.53. The zero-order valence-electron chi connectivity index (χ0n) is 11.6. The summed E-state index contributed by atoms with van der Waals surface area (Å²) >= 11 is 9.04. The van der Waals surface area contributed by atoms with Crippen LogP contribution >= 0.6 is 27.5 Å². The minimum absolute atomic E-state index is 0.109. The first-order chi connectivity index (χ1) is 10.8. The van der Waals surface area contributed by atoms with Crippen molar-refractivity contribution in [3.63, 3.8) is 0 Å². The fourth-order valence-corrected chi connectivity index (χ4v) is 2.41. The van der Waals surface area contributed by atoms with Crippen LogP contribution in [0.25, 0.3) is 0 Å². The van der Waals surface area contributed by atoms with E-state index in [1.807, 2.05) is 0 Å². The second kappa shape index (κ2) is 7.36. The van der Waals surface area contributed by atoms with E-state index >= 15 is 0 Å². The summed E-state index contributed by atoms with van der Waals surface area (Å²) < 4.78 is 43.2. The van der Waals surface area contributed by atoms with E-state index in [-0.39, 0.29) is 17.4 Å². The summed E-state index contributed by atoms with van der Waals surface area (Å²) in [6.45, 7) is 0.123. The smallest absolute Gasteiger partial charge is 0.416 e. The van der Waals surface area contributed by atoms with E-state index in [1.54, 1.807) is 24.3 Å². The van der Waals surface area contributed by atoms with Crippen LogP contribution in [-0.2, 0) is 17.6 Å². The molecule has 0 aliphatic carbocycles. The highest BCUT2D eigenvalue weighted by molar-refractivity contribution is 9.09. The van der Waals surface area contributed by atoms with Gasteiger partial charge in [-0.05, 0) is 29.3 Å². The maximum Gasteiger partial charge on any atom is 0.416 e. The zero-order valence-corrected chi connectivity index (χ0v) is 14.0. The molecule has 2 aromatic rings. The van der Waals surface area contributed by atoms with Gasteiger partial charge in [0.2, 0.25) is 0 Å². The number of hydrogen-bond donors (Lipinski definition) is 0. The first-order valence-electron chi connectivity index (χ1n) is 6.49. The Balaban J connectivity index is 2.11. The van der Waals surface area contributed by atoms with Crippen molar-refractivity contribution in [3.8, 4) is 5.75 Å². The lowest BCUT2D eigenvalue weighted by Gasteiger charge is -2.12. The molecule has 0 bridgehead atoms. The van der Waals surface area contributed by atoms with Crippen molar-refractivity contribution in [2.24, 2.45) is 0 Å². The molecule has 0 aliphatic rings. The quantitative estimate of drug-likeness (QED) is 0.478. The van der Waals surface area contributed by atoms with Gasteiger partial charge < -0.3 is 9.53 Å². The van der Waals surface area contributed by atoms with Crippen LogP contribution in [0, 0.1) is 0 Å². The number of rotatable bonds is 5. The van der Waals surface area contributed by atoms with Crippen molar-refractivity contribution >= 4 is 33.8 Å². The highest BCUT2D eigenvalue weighted by atomic mass is 79.9. The van der Waals surface area contributed by atoms with Gasteiger partial charge in [-0.2, -0.15) is 13.2 Å². The van der Waals surface area contributed by atoms with E-state index < -0.39 is 16.6 Å². The molecule has 23 heavy (non-hydrogen) atoms. The average Bonchev–Trinajstić information content (AvgIpc) is 2.52. The molecule has 2 nitrogen and oxygen atoms in total. The van der Waals surface area contributed by atoms with Crippen molar-refractivity contribution in [1.29, 1.82) is 0 Å². The van der Waals surface area contributed by atoms with E-state index in [4.69, 9.17) is 16.3 Å². The molecule has 2 rings (SSSR count). The number of aldehydes is 1. The lowest BCUT2D eigenvalue weighted by atomic mass is 10.1. The fraction of sp³-hybridized carbons (Fsp3) is 0.188. The maximum absolute atomic E-state index is 12.6. The molecule has 0 spiro atoms. The summed E-state index contributed by atoms with van der Waals surface area (Å²) in [6.07, 6.45) is -3.69. The predicted molar refractivity (Wildman–Crippen MR) is 85.0 cm³/mol. The van der Waals surface area contributed by atoms with Crippen molar-refractivity contribution in [2.45, 2.75) is 17.6 Å². The maximum atomic E-state index is 12.6. The Labute approximate surface area is 144 Å². The number of ether oxygens (including phenoxy) is 1. The normalized spacial score (nSPS) is 12.7. The van der Waals surface area contributed by atoms with Gasteiger partial charge in [0.15, 0.2) is 0 Å². The van der Waals surface area contributed by atoms with Gasteiger partial charge >= 0.3 is 6.18 Å². The third-order valence-electron chi connectivity index (χ3n) is 3.04. The summed E-state index contributed by atoms with van der Waals surface area (Å²) in [5.74, 6) is 0.163. The van der Waals surface area contributed by atoms with E-state index in [1.165, 1.54) is 6.07 Å². The number of alkyl halides is 4. The second-order valence-electron chi connectivity index (χ2n) is 4.71. The molecule has 0 aliphatic heterocycles. The molecule has 0 amide bonds. The number of hydrogen-bond acceptors (Lipinski definition) is 2. The van der Waals surface area contributed by atoms with Crippen LogP contribution in [-0.4, -0.2) is 6.29 Å². The fourth-order valence-electron chi connectivity index (χ4n) is 1.89. The van der Waals surface area contributed by atoms with Crippen LogP contribution in [0.1, 0.15) is 21.5 Å². The van der Waals surface area contributed by atoms with Crippen molar-refractivity contribution in [2.75, 3.05) is 0 Å². The van der Waals surface area contributed by atoms with Crippen molar-refractivity contribution in [3.05, 3.63) is 64.2 Å². The largest absolute Gasteiger partial charge is 0.487 e. The Morgan fingerprint density at radius 1 is 1.22 bits per heavy atom. The molecule has 0 N–H and O–H groups in total. The van der Waals surface area contributed by atoms with E-state index in [0.717, 1.165) is 29.5 Å². The third-order valence-corrected chi connectivity index (χ3v) is 4.08. The van der Waals surface area contributed by atoms with Gasteiger partial charge in [-0.15, -0.1) is 0 Å². The van der Waals surface area contributed by atoms with Gasteiger partial charge in [0, 0.05) is 0 Å². The van der Waals surface area contributed by atoms with Gasteiger partial charge in [0.05, 0.1) is 15.4 Å². The summed E-state index contributed by atoms with van der Waals surface area (Å²) in [4.78, 5) is 10.3. The topological polar surface area (TPSA) is 26.3 Å². The monoisotopic (exact) mass is 406 g/mol. The second-order valence-corrected chi connectivity index (χ2v) is 6.11. The highest BCUT2D eigenvalue weighted by Gasteiger charge is 2.31. The van der Waals surface area contributed by atoms with Gasteiger partial charge in [-0.25, -0.2) is 0 Å². The Kier molecular flexibility index (Phi) is 5.70. The van der Waals surface area contributed by atoms with Crippen LogP contribution in [0.4, 0.5) is 13.2 Å². The van der Waals surface area contributed by atoms with Crippen LogP contribution in [0.3, 0.4) is 0 Å². The minimum atomic E-state index is -4.45. The molecule has 0 saturated carbocycles. The summed E-state index contributed by atoms with van der Waals surface area (Å²) in [5.41, 5.74) is 0.703. The minimum Gasteiger partial charge on any atom is -0.487 e. The summed E-state index contributed by atoms with van der Waals surface area (Å²) in [5, 5.41) is -0.109. The summed E-state index contributed by atoms with van der Waals surface area (Å²) in [7, 11) is 0. The van der Waals surface area contributed by atoms with E-state index in [9.17, 15) is 18.0 Å². The molecule has 1 atom stereocenters. The Morgan fingerprint density at radius 2 is 1.96 bits per heavy atom. The highest BCUT2D eigenvalue weighted by Crippen LogP contribution is 2.35. The number of carbonyl (C=O) groups excluding carboxylic acids is 1. The first-order valence-corrected chi connectivity index (χ1v) is 7.78. The summed E-state index contributed by atoms with van der Waals surface area (Å²) in [6, 6.07) is 10.0. The number of halogens is 5. The van der Waals surface area contributed by atoms with E-state index in [2.05, 4.69) is 15.9 Å². The molecule has 0 aromatic heterocycles. The van der Waals surface area contributed by atoms with Gasteiger partial charge in [0.25, 0.3) is 0 Å². The van der Waals surface area contributed by atoms with Gasteiger partial charge in [0.1, 0.15) is 18.6 Å². The molecule has 0 heterocycles. The van der Waals surface area contributed by atoms with Crippen molar-refractivity contribution < 1.29 is 22.7 Å². The molecule has 0 unspecified atom stereocenters. The van der Waals surface area contributed by atoms with Crippen molar-refractivity contribution in [1.82, 2.24) is 0 Å². The van der Waals surface area contributed by atoms with Crippen LogP contribution < -0.4 is 4.74 Å². The van der Waals surface area contributed by atoms with Crippen LogP contribution in [0.2, 0.25) is 5.02 Å². The van der Waals surface area contributed by atoms with Crippen LogP contribution in [0.5, 0.6) is 5.75 Å². The first kappa shape index (κ1) is 17.8. The lowest BCUT2D eigenvalue weighted by molar-refractivity contribution is -0.137. The standard InChI is InChI=1S/C16H11BrClF3O2/c17-13(8-22)11-3-1-2-10(6-11)9-23-15-5-4-12(7-14(15)18)16(19,20)21/h1-8,13H,9H2/t13-/m1/s1. The molecule has 0 fully saturated rings. The number of carbonyl (C=O) groups is 1. The Bertz CT molecular complexity index is 704. The molecule has 122 valence electrons. The molecule has 0 radical (unpaired) electrons. The molecule has 2 aromatic carbocycles. The third kappa shape index (κ3) is 4.72. The van der Waals surface area contributed by atoms with Gasteiger partial charge in [-0.1, -0.05) is 51.8 Å². The molecule has 7 heteroatoms. The average molecular weight is 408 g/mol. The predicted octanol–water partition coefficient (Wildman–Crippen LogP) is 5.57. The molecule has 0 saturated heterocycles. The molecular weight excluding hydrogens is 397 g/mol. The Morgan fingerprint density at radius 3 is 2.57 bits per heavy atom. The van der Waals surface area contributed by atoms with Crippen LogP contribution in [0.15, 0.2) is 42.5 Å². The SMILES string of the molecule is O=C[C@@H](Br)c1cccc(COc2ccc(C(F)(F)F)cc2Cl)c1. The zero-order chi connectivity index (χ0) is 17.0. The number of benzene rings is 2. The molecular formula is C16H11BrClF3O2.